The van der Waals surface area contributed by atoms with Crippen LogP contribution in [0.15, 0.2) is 212 Å². The highest BCUT2D eigenvalue weighted by Crippen LogP contribution is 2.65. The van der Waals surface area contributed by atoms with Crippen molar-refractivity contribution in [2.24, 2.45) is 0 Å². The zero-order valence-corrected chi connectivity index (χ0v) is 33.2. The first kappa shape index (κ1) is 33.9. The van der Waals surface area contributed by atoms with Crippen molar-refractivity contribution in [2.45, 2.75) is 24.7 Å². The van der Waals surface area contributed by atoms with Crippen LogP contribution in [-0.4, -0.2) is 0 Å². The van der Waals surface area contributed by atoms with Gasteiger partial charge in [0.25, 0.3) is 0 Å². The first-order valence-corrected chi connectivity index (χ1v) is 20.8. The van der Waals surface area contributed by atoms with E-state index in [1.165, 1.54) is 89.0 Å². The average molecular weight is 752 g/mol. The minimum atomic E-state index is -0.502. The Hall–Kier alpha value is -7.22. The van der Waals surface area contributed by atoms with E-state index in [4.69, 9.17) is 0 Å². The van der Waals surface area contributed by atoms with Gasteiger partial charge >= 0.3 is 0 Å². The molecule has 59 heavy (non-hydrogen) atoms. The van der Waals surface area contributed by atoms with E-state index >= 15 is 0 Å². The third-order valence-corrected chi connectivity index (χ3v) is 13.5. The van der Waals surface area contributed by atoms with Crippen molar-refractivity contribution in [3.8, 4) is 55.6 Å². The van der Waals surface area contributed by atoms with Crippen LogP contribution < -0.4 is 4.90 Å². The molecule has 3 aliphatic rings. The van der Waals surface area contributed by atoms with Gasteiger partial charge in [0.15, 0.2) is 0 Å². The number of hydrogen-bond acceptors (Lipinski definition) is 1. The van der Waals surface area contributed by atoms with Gasteiger partial charge in [0.2, 0.25) is 0 Å². The summed E-state index contributed by atoms with van der Waals surface area (Å²) in [6.07, 6.45) is 0. The van der Waals surface area contributed by atoms with E-state index in [0.717, 1.165) is 17.1 Å². The molecule has 0 radical (unpaired) electrons. The second-order valence-electron chi connectivity index (χ2n) is 16.8. The van der Waals surface area contributed by atoms with E-state index in [-0.39, 0.29) is 5.41 Å². The van der Waals surface area contributed by atoms with Crippen LogP contribution in [-0.2, 0) is 10.8 Å². The van der Waals surface area contributed by atoms with Crippen LogP contribution in [0.4, 0.5) is 17.1 Å². The zero-order chi connectivity index (χ0) is 39.3. The number of hydrogen-bond donors (Lipinski definition) is 0. The van der Waals surface area contributed by atoms with Gasteiger partial charge in [-0.05, 0) is 114 Å². The van der Waals surface area contributed by atoms with Gasteiger partial charge in [-0.25, -0.2) is 0 Å². The van der Waals surface area contributed by atoms with Crippen LogP contribution in [0.3, 0.4) is 0 Å². The topological polar surface area (TPSA) is 3.24 Å². The summed E-state index contributed by atoms with van der Waals surface area (Å²) in [5, 5.41) is 0. The summed E-state index contributed by atoms with van der Waals surface area (Å²) in [6, 6.07) is 79.3. The average Bonchev–Trinajstić information content (AvgIpc) is 3.86. The Kier molecular flexibility index (Phi) is 7.26. The molecule has 1 spiro atoms. The maximum atomic E-state index is 2.51. The van der Waals surface area contributed by atoms with Crippen LogP contribution in [0.5, 0.6) is 0 Å². The van der Waals surface area contributed by atoms with Gasteiger partial charge in [0.1, 0.15) is 0 Å². The van der Waals surface area contributed by atoms with E-state index in [2.05, 4.69) is 231 Å². The molecule has 9 aromatic rings. The molecule has 0 fully saturated rings. The molecule has 0 bridgehead atoms. The maximum Gasteiger partial charge on any atom is 0.0731 e. The van der Waals surface area contributed by atoms with Crippen molar-refractivity contribution in [3.05, 3.63) is 246 Å². The normalized spacial score (nSPS) is 14.2. The third kappa shape index (κ3) is 4.62. The van der Waals surface area contributed by atoms with E-state index in [1.807, 2.05) is 0 Å². The quantitative estimate of drug-likeness (QED) is 0.169. The first-order valence-electron chi connectivity index (χ1n) is 20.8. The van der Waals surface area contributed by atoms with Crippen LogP contribution in [0, 0.1) is 0 Å². The molecule has 3 aliphatic carbocycles. The predicted octanol–water partition coefficient (Wildman–Crippen LogP) is 15.1. The SMILES string of the molecule is CC1(C)c2ccccc2-c2ccc(N(c3ccccc3)c3cccc(-c4ccccc4)c3-c3cccc4c3C3(c5ccccc5-c5ccccc53)c3ccccc3-4)cc21. The largest absolute Gasteiger partial charge is 0.310 e. The Balaban J connectivity index is 1.20. The molecule has 0 N–H and O–H groups in total. The van der Waals surface area contributed by atoms with E-state index in [0.29, 0.717) is 0 Å². The van der Waals surface area contributed by atoms with Crippen LogP contribution in [0.2, 0.25) is 0 Å². The first-order chi connectivity index (χ1) is 29.1. The summed E-state index contributed by atoms with van der Waals surface area (Å²) in [5.41, 5.74) is 23.6. The molecule has 12 rings (SSSR count). The lowest BCUT2D eigenvalue weighted by Crippen LogP contribution is -2.27. The number of fused-ring (bicyclic) bond motifs is 13. The van der Waals surface area contributed by atoms with Crippen molar-refractivity contribution < 1.29 is 0 Å². The van der Waals surface area contributed by atoms with E-state index in [9.17, 15) is 0 Å². The highest BCUT2D eigenvalue weighted by atomic mass is 15.1. The van der Waals surface area contributed by atoms with Gasteiger partial charge in [-0.3, -0.25) is 0 Å². The molecule has 0 saturated heterocycles. The molecular weight excluding hydrogens is 711 g/mol. The Morgan fingerprint density at radius 2 is 0.780 bits per heavy atom. The van der Waals surface area contributed by atoms with Gasteiger partial charge in [0.05, 0.1) is 11.1 Å². The smallest absolute Gasteiger partial charge is 0.0731 e. The fraction of sp³-hybridized carbons (Fsp3) is 0.0690. The Morgan fingerprint density at radius 1 is 0.322 bits per heavy atom. The maximum absolute atomic E-state index is 2.51. The molecule has 0 aromatic heterocycles. The zero-order valence-electron chi connectivity index (χ0n) is 33.2. The van der Waals surface area contributed by atoms with Gasteiger partial charge in [0, 0.05) is 22.4 Å². The lowest BCUT2D eigenvalue weighted by atomic mass is 9.68. The minimum Gasteiger partial charge on any atom is -0.310 e. The van der Waals surface area contributed by atoms with Crippen molar-refractivity contribution in [1.82, 2.24) is 0 Å². The Labute approximate surface area is 346 Å². The van der Waals surface area contributed by atoms with Crippen molar-refractivity contribution in [3.63, 3.8) is 0 Å². The molecule has 1 nitrogen and oxygen atoms in total. The van der Waals surface area contributed by atoms with Crippen molar-refractivity contribution in [1.29, 1.82) is 0 Å². The molecule has 0 saturated carbocycles. The highest BCUT2D eigenvalue weighted by molar-refractivity contribution is 6.04. The fourth-order valence-corrected chi connectivity index (χ4v) is 11.1. The molecule has 9 aromatic carbocycles. The van der Waals surface area contributed by atoms with E-state index in [1.54, 1.807) is 0 Å². The lowest BCUT2D eigenvalue weighted by Gasteiger charge is -2.34. The number of anilines is 3. The van der Waals surface area contributed by atoms with E-state index < -0.39 is 5.41 Å². The number of benzene rings is 9. The summed E-state index contributed by atoms with van der Waals surface area (Å²) < 4.78 is 0. The molecule has 278 valence electrons. The van der Waals surface area contributed by atoms with Crippen LogP contribution in [0.25, 0.3) is 55.6 Å². The van der Waals surface area contributed by atoms with Crippen LogP contribution >= 0.6 is 0 Å². The highest BCUT2D eigenvalue weighted by Gasteiger charge is 2.53. The number of para-hydroxylation sites is 1. The molecule has 0 atom stereocenters. The molecule has 0 amide bonds. The summed E-state index contributed by atoms with van der Waals surface area (Å²) >= 11 is 0. The Bertz CT molecular complexity index is 3070. The minimum absolute atomic E-state index is 0.138. The molecule has 1 heteroatoms. The second-order valence-corrected chi connectivity index (χ2v) is 16.8. The summed E-state index contributed by atoms with van der Waals surface area (Å²) in [5.74, 6) is 0. The van der Waals surface area contributed by atoms with Gasteiger partial charge in [-0.1, -0.05) is 196 Å². The fourth-order valence-electron chi connectivity index (χ4n) is 11.1. The van der Waals surface area contributed by atoms with Crippen LogP contribution in [0.1, 0.15) is 47.2 Å². The van der Waals surface area contributed by atoms with Crippen molar-refractivity contribution in [2.75, 3.05) is 4.90 Å². The molecule has 0 aliphatic heterocycles. The number of nitrogens with zero attached hydrogens (tertiary/aromatic N) is 1. The van der Waals surface area contributed by atoms with Gasteiger partial charge in [-0.15, -0.1) is 0 Å². The standard InChI is InChI=1S/C58H41N/c1-57(2)49-30-13-9-23-42(49)46-36-35-40(37-53(46)57)59(39-21-7-4-8-22-39)54-34-18-27-41(38-19-5-3-6-20-38)55(54)48-29-17-28-47-45-26-12-16-33-52(45)58(56(47)48)50-31-14-10-24-43(50)44-25-11-15-32-51(44)58/h3-37H,1-2H3. The molecule has 0 heterocycles. The summed E-state index contributed by atoms with van der Waals surface area (Å²) in [6.45, 7) is 4.74. The second kappa shape index (κ2) is 12.6. The number of rotatable bonds is 5. The Morgan fingerprint density at radius 3 is 1.42 bits per heavy atom. The van der Waals surface area contributed by atoms with Gasteiger partial charge < -0.3 is 4.90 Å². The van der Waals surface area contributed by atoms with Gasteiger partial charge in [-0.2, -0.15) is 0 Å². The summed E-state index contributed by atoms with van der Waals surface area (Å²) in [7, 11) is 0. The monoisotopic (exact) mass is 751 g/mol. The summed E-state index contributed by atoms with van der Waals surface area (Å²) in [4.78, 5) is 2.51. The third-order valence-electron chi connectivity index (χ3n) is 13.5. The molecule has 0 unspecified atom stereocenters. The lowest BCUT2D eigenvalue weighted by molar-refractivity contribution is 0.660. The molecular formula is C58H41N. The van der Waals surface area contributed by atoms with Crippen molar-refractivity contribution >= 4 is 17.1 Å². The predicted molar refractivity (Wildman–Crippen MR) is 246 cm³/mol.